The lowest BCUT2D eigenvalue weighted by atomic mass is 9.99. The molecule has 2 rings (SSSR count). The van der Waals surface area contributed by atoms with E-state index in [4.69, 9.17) is 26.2 Å². The van der Waals surface area contributed by atoms with Crippen LogP contribution >= 0.6 is 11.6 Å². The number of ether oxygens (including phenoxy) is 2. The van der Waals surface area contributed by atoms with Gasteiger partial charge in [-0.1, -0.05) is 18.5 Å². The summed E-state index contributed by atoms with van der Waals surface area (Å²) in [6, 6.07) is 3.73. The van der Waals surface area contributed by atoms with Crippen molar-refractivity contribution in [1.82, 2.24) is 0 Å². The summed E-state index contributed by atoms with van der Waals surface area (Å²) >= 11 is 6.11. The van der Waals surface area contributed by atoms with Crippen LogP contribution in [0, 0.1) is 0 Å². The van der Waals surface area contributed by atoms with Crippen molar-refractivity contribution >= 4 is 11.6 Å². The third-order valence-electron chi connectivity index (χ3n) is 2.54. The van der Waals surface area contributed by atoms with Crippen LogP contribution < -0.4 is 4.74 Å². The maximum absolute atomic E-state index is 9.09. The van der Waals surface area contributed by atoms with E-state index in [0.717, 1.165) is 16.9 Å². The summed E-state index contributed by atoms with van der Waals surface area (Å²) in [5.41, 5.74) is 1.87. The molecule has 0 saturated carbocycles. The van der Waals surface area contributed by atoms with Gasteiger partial charge in [-0.15, -0.1) is 0 Å². The Balaban J connectivity index is 2.40. The fourth-order valence-electron chi connectivity index (χ4n) is 1.59. The summed E-state index contributed by atoms with van der Waals surface area (Å²) in [7, 11) is 0. The van der Waals surface area contributed by atoms with Crippen LogP contribution in [0.3, 0.4) is 0 Å². The van der Waals surface area contributed by atoms with Crippen molar-refractivity contribution in [2.24, 2.45) is 0 Å². The van der Waals surface area contributed by atoms with Gasteiger partial charge < -0.3 is 14.6 Å². The number of rotatable bonds is 2. The van der Waals surface area contributed by atoms with Gasteiger partial charge in [0.15, 0.2) is 6.79 Å². The second-order valence-electron chi connectivity index (χ2n) is 3.68. The molecule has 1 unspecified atom stereocenters. The Labute approximate surface area is 93.6 Å². The molecule has 0 radical (unpaired) electrons. The van der Waals surface area contributed by atoms with Crippen molar-refractivity contribution in [3.63, 3.8) is 0 Å². The van der Waals surface area contributed by atoms with Crippen LogP contribution in [0.25, 0.3) is 0 Å². The van der Waals surface area contributed by atoms with Crippen molar-refractivity contribution < 1.29 is 14.6 Å². The first kappa shape index (κ1) is 10.7. The molecular weight excluding hydrogens is 216 g/mol. The number of aliphatic hydroxyl groups excluding tert-OH is 1. The molecule has 1 aliphatic heterocycles. The van der Waals surface area contributed by atoms with Gasteiger partial charge in [0.2, 0.25) is 0 Å². The van der Waals surface area contributed by atoms with Gasteiger partial charge in [-0.25, -0.2) is 0 Å². The van der Waals surface area contributed by atoms with E-state index in [-0.39, 0.29) is 19.3 Å². The molecule has 0 bridgehead atoms. The normalized spacial score (nSPS) is 16.7. The Bertz CT molecular complexity index is 365. The van der Waals surface area contributed by atoms with E-state index in [1.807, 2.05) is 19.1 Å². The Kier molecular flexibility index (Phi) is 3.14. The molecule has 1 heterocycles. The summed E-state index contributed by atoms with van der Waals surface area (Å²) in [5, 5.41) is 9.75. The highest BCUT2D eigenvalue weighted by atomic mass is 35.5. The van der Waals surface area contributed by atoms with Crippen molar-refractivity contribution in [2.45, 2.75) is 19.4 Å². The van der Waals surface area contributed by atoms with E-state index in [9.17, 15) is 0 Å². The van der Waals surface area contributed by atoms with E-state index in [1.54, 1.807) is 0 Å². The Morgan fingerprint density at radius 1 is 1.53 bits per heavy atom. The summed E-state index contributed by atoms with van der Waals surface area (Å²) in [6.45, 7) is 2.81. The van der Waals surface area contributed by atoms with Crippen molar-refractivity contribution in [2.75, 3.05) is 13.4 Å². The largest absolute Gasteiger partial charge is 0.467 e. The van der Waals surface area contributed by atoms with Crippen molar-refractivity contribution in [3.8, 4) is 5.75 Å². The summed E-state index contributed by atoms with van der Waals surface area (Å²) in [6.07, 6.45) is 0. The first-order chi connectivity index (χ1) is 7.22. The molecule has 0 saturated heterocycles. The smallest absolute Gasteiger partial charge is 0.189 e. The average molecular weight is 229 g/mol. The second kappa shape index (κ2) is 4.39. The Hall–Kier alpha value is -0.770. The molecule has 1 atom stereocenters. The number of fused-ring (bicyclic) bond motifs is 1. The zero-order valence-corrected chi connectivity index (χ0v) is 9.25. The molecule has 15 heavy (non-hydrogen) atoms. The van der Waals surface area contributed by atoms with E-state index < -0.39 is 0 Å². The number of hydrogen-bond acceptors (Lipinski definition) is 3. The molecule has 82 valence electrons. The monoisotopic (exact) mass is 228 g/mol. The van der Waals surface area contributed by atoms with Gasteiger partial charge in [0.1, 0.15) is 5.75 Å². The van der Waals surface area contributed by atoms with Gasteiger partial charge >= 0.3 is 0 Å². The topological polar surface area (TPSA) is 38.7 Å². The number of hydrogen-bond donors (Lipinski definition) is 1. The first-order valence-electron chi connectivity index (χ1n) is 4.86. The Morgan fingerprint density at radius 3 is 3.07 bits per heavy atom. The van der Waals surface area contributed by atoms with Gasteiger partial charge in [-0.2, -0.15) is 0 Å². The average Bonchev–Trinajstić information content (AvgIpc) is 2.27. The van der Waals surface area contributed by atoms with Gasteiger partial charge in [-0.05, 0) is 17.7 Å². The van der Waals surface area contributed by atoms with Crippen LogP contribution in [-0.4, -0.2) is 18.5 Å². The zero-order chi connectivity index (χ0) is 10.8. The molecule has 1 aromatic carbocycles. The Morgan fingerprint density at radius 2 is 2.33 bits per heavy atom. The van der Waals surface area contributed by atoms with Crippen LogP contribution in [0.5, 0.6) is 5.75 Å². The van der Waals surface area contributed by atoms with Gasteiger partial charge in [0, 0.05) is 23.1 Å². The summed E-state index contributed by atoms with van der Waals surface area (Å²) < 4.78 is 10.5. The number of halogens is 1. The quantitative estimate of drug-likeness (QED) is 0.844. The number of aliphatic hydroxyl groups is 1. The molecule has 1 N–H and O–H groups in total. The highest BCUT2D eigenvalue weighted by Crippen LogP contribution is 2.33. The summed E-state index contributed by atoms with van der Waals surface area (Å²) in [5.74, 6) is 0.829. The van der Waals surface area contributed by atoms with Gasteiger partial charge in [-0.3, -0.25) is 0 Å². The molecule has 0 amide bonds. The highest BCUT2D eigenvalue weighted by Gasteiger charge is 2.16. The molecule has 1 aliphatic rings. The summed E-state index contributed by atoms with van der Waals surface area (Å²) in [4.78, 5) is 0. The lowest BCUT2D eigenvalue weighted by molar-refractivity contribution is -0.0164. The van der Waals surface area contributed by atoms with Crippen molar-refractivity contribution in [3.05, 3.63) is 28.3 Å². The minimum absolute atomic E-state index is 0.0224. The molecule has 0 aliphatic carbocycles. The zero-order valence-electron chi connectivity index (χ0n) is 8.50. The van der Waals surface area contributed by atoms with Crippen LogP contribution in [0.2, 0.25) is 5.02 Å². The fraction of sp³-hybridized carbons (Fsp3) is 0.455. The number of benzene rings is 1. The predicted octanol–water partition coefficient (Wildman–Crippen LogP) is 2.30. The van der Waals surface area contributed by atoms with Crippen LogP contribution in [0.1, 0.15) is 24.0 Å². The lowest BCUT2D eigenvalue weighted by Crippen LogP contribution is -2.12. The molecule has 4 heteroatoms. The minimum Gasteiger partial charge on any atom is -0.467 e. The molecule has 0 aromatic heterocycles. The first-order valence-corrected chi connectivity index (χ1v) is 5.24. The lowest BCUT2D eigenvalue weighted by Gasteiger charge is -2.20. The second-order valence-corrected chi connectivity index (χ2v) is 4.08. The van der Waals surface area contributed by atoms with Gasteiger partial charge in [0.25, 0.3) is 0 Å². The van der Waals surface area contributed by atoms with Gasteiger partial charge in [0.05, 0.1) is 6.61 Å². The standard InChI is InChI=1S/C11H13ClO3/c1-7(4-13)9-3-11-8(2-10(9)12)5-14-6-15-11/h2-3,7,13H,4-6H2,1H3. The van der Waals surface area contributed by atoms with E-state index in [1.165, 1.54) is 0 Å². The maximum atomic E-state index is 9.09. The van der Waals surface area contributed by atoms with E-state index in [2.05, 4.69) is 0 Å². The van der Waals surface area contributed by atoms with Crippen LogP contribution in [0.4, 0.5) is 0 Å². The molecule has 1 aromatic rings. The third kappa shape index (κ3) is 2.09. The third-order valence-corrected chi connectivity index (χ3v) is 2.87. The van der Waals surface area contributed by atoms with Crippen molar-refractivity contribution in [1.29, 1.82) is 0 Å². The van der Waals surface area contributed by atoms with Crippen LogP contribution in [-0.2, 0) is 11.3 Å². The fourth-order valence-corrected chi connectivity index (χ4v) is 1.96. The highest BCUT2D eigenvalue weighted by molar-refractivity contribution is 6.31. The maximum Gasteiger partial charge on any atom is 0.189 e. The molecule has 3 nitrogen and oxygen atoms in total. The van der Waals surface area contributed by atoms with E-state index >= 15 is 0 Å². The van der Waals surface area contributed by atoms with Crippen LogP contribution in [0.15, 0.2) is 12.1 Å². The molecular formula is C11H13ClO3. The molecule has 0 spiro atoms. The van der Waals surface area contributed by atoms with E-state index in [0.29, 0.717) is 11.6 Å². The predicted molar refractivity (Wildman–Crippen MR) is 57.2 cm³/mol. The molecule has 0 fully saturated rings. The minimum atomic E-state index is 0.0224. The SMILES string of the molecule is CC(CO)c1cc2c(cc1Cl)COCO2.